The van der Waals surface area contributed by atoms with Gasteiger partial charge in [0.2, 0.25) is 17.7 Å². The monoisotopic (exact) mass is 1090 g/mol. The Morgan fingerprint density at radius 2 is 1.67 bits per heavy atom. The lowest BCUT2D eigenvalue weighted by atomic mass is 9.85. The van der Waals surface area contributed by atoms with Crippen LogP contribution in [0.1, 0.15) is 82.7 Å². The third-order valence-electron chi connectivity index (χ3n) is 12.9. The third kappa shape index (κ3) is 12.3. The zero-order valence-electron chi connectivity index (χ0n) is 42.2. The van der Waals surface area contributed by atoms with Crippen molar-refractivity contribution in [1.29, 1.82) is 5.26 Å². The molecule has 3 aromatic carbocycles. The van der Waals surface area contributed by atoms with Gasteiger partial charge in [0.05, 0.1) is 58.0 Å². The highest BCUT2D eigenvalue weighted by Gasteiger charge is 2.52. The van der Waals surface area contributed by atoms with Crippen molar-refractivity contribution in [1.82, 2.24) is 25.5 Å². The van der Waals surface area contributed by atoms with Crippen molar-refractivity contribution in [2.45, 2.75) is 104 Å². The number of nitrogens with zero attached hydrogens (tertiary/aromatic N) is 6. The summed E-state index contributed by atoms with van der Waals surface area (Å²) in [6.45, 7) is 10.0. The van der Waals surface area contributed by atoms with E-state index < -0.39 is 98.3 Å². The second-order valence-corrected chi connectivity index (χ2v) is 21.0. The molecule has 402 valence electrons. The number of amides is 4. The number of aliphatic hydroxyl groups excluding tert-OH is 1. The number of rotatable bonds is 18. The highest BCUT2D eigenvalue weighted by molar-refractivity contribution is 7.81. The molecule has 2 aliphatic rings. The Labute approximate surface area is 443 Å². The Kier molecular flexibility index (Phi) is 17.2. The van der Waals surface area contributed by atoms with Gasteiger partial charge in [-0.15, -0.1) is 11.3 Å². The van der Waals surface area contributed by atoms with Crippen LogP contribution >= 0.6 is 23.6 Å². The normalized spacial score (nSPS) is 17.0. The number of ether oxygens (including phenoxy) is 2. The van der Waals surface area contributed by atoms with Gasteiger partial charge in [0, 0.05) is 37.7 Å². The number of anilines is 2. The molecule has 15 nitrogen and oxygen atoms in total. The first kappa shape index (κ1) is 56.7. The van der Waals surface area contributed by atoms with Crippen LogP contribution < -0.4 is 25.2 Å². The summed E-state index contributed by atoms with van der Waals surface area (Å²) < 4.78 is 99.0. The Morgan fingerprint density at radius 3 is 2.30 bits per heavy atom. The quantitative estimate of drug-likeness (QED) is 0.0430. The van der Waals surface area contributed by atoms with Crippen LogP contribution in [0.3, 0.4) is 0 Å². The van der Waals surface area contributed by atoms with E-state index in [0.29, 0.717) is 24.2 Å². The number of thiocarbonyl (C=S) groups is 1. The Bertz CT molecular complexity index is 3070. The molecule has 23 heteroatoms. The molecule has 76 heavy (non-hydrogen) atoms. The van der Waals surface area contributed by atoms with Gasteiger partial charge in [-0.2, -0.15) is 18.4 Å². The van der Waals surface area contributed by atoms with Crippen LogP contribution in [-0.4, -0.2) is 98.8 Å². The van der Waals surface area contributed by atoms with Gasteiger partial charge in [-0.05, 0) is 99.1 Å². The topological polar surface area (TPSA) is 190 Å². The zero-order chi connectivity index (χ0) is 55.4. The molecule has 0 radical (unpaired) electrons. The number of carbonyl (C=O) groups is 4. The summed E-state index contributed by atoms with van der Waals surface area (Å²) in [7, 11) is 0. The van der Waals surface area contributed by atoms with Crippen molar-refractivity contribution in [3.8, 4) is 33.5 Å². The van der Waals surface area contributed by atoms with E-state index in [1.165, 1.54) is 36.9 Å². The van der Waals surface area contributed by atoms with Gasteiger partial charge in [0.25, 0.3) is 5.91 Å². The van der Waals surface area contributed by atoms with E-state index >= 15 is 13.2 Å². The van der Waals surface area contributed by atoms with Gasteiger partial charge in [0.15, 0.2) is 28.3 Å². The lowest BCUT2D eigenvalue weighted by Crippen LogP contribution is -2.58. The number of carbonyl (C=O) groups excluding carboxylic acids is 4. The van der Waals surface area contributed by atoms with Crippen molar-refractivity contribution in [2.75, 3.05) is 36.2 Å². The fourth-order valence-electron chi connectivity index (χ4n) is 8.89. The number of halogens is 6. The predicted octanol–water partition coefficient (Wildman–Crippen LogP) is 8.78. The molecule has 2 aromatic heterocycles. The summed E-state index contributed by atoms with van der Waals surface area (Å²) in [6.07, 6.45) is -3.49. The van der Waals surface area contributed by atoms with Gasteiger partial charge in [-0.25, -0.2) is 18.2 Å². The SMILES string of the molecule is Cc1ncsc1-c1ccc(CNC(=O)[C@@H]2C[C@@H](O)CN2C(=O)[C@@H](NC(=O)COCCCCCOc2ccc(-c3ncc(N4C(=S)N(c5ccc(C#N)c(C(F)(F)F)c5F)C(=O)C4(C)C)cc3F)cc2F)C(C)(C)C)cc1. The van der Waals surface area contributed by atoms with E-state index in [4.69, 9.17) is 27.0 Å². The summed E-state index contributed by atoms with van der Waals surface area (Å²) in [5.74, 6) is -6.23. The van der Waals surface area contributed by atoms with Crippen LogP contribution in [0.25, 0.3) is 21.7 Å². The Hall–Kier alpha value is -7.00. The summed E-state index contributed by atoms with van der Waals surface area (Å²) in [5.41, 5.74) is -1.97. The van der Waals surface area contributed by atoms with E-state index in [9.17, 15) is 37.5 Å². The molecule has 0 aliphatic carbocycles. The number of unbranched alkanes of at least 4 members (excludes halogenated alkanes) is 2. The molecule has 5 aromatic rings. The van der Waals surface area contributed by atoms with Gasteiger partial charge in [0.1, 0.15) is 35.5 Å². The van der Waals surface area contributed by atoms with Gasteiger partial charge in [-0.3, -0.25) is 29.1 Å². The summed E-state index contributed by atoms with van der Waals surface area (Å²) >= 11 is 6.97. The lowest BCUT2D eigenvalue weighted by molar-refractivity contribution is -0.144. The molecule has 7 rings (SSSR count). The molecule has 4 amide bonds. The number of hydrogen-bond acceptors (Lipinski definition) is 12. The lowest BCUT2D eigenvalue weighted by Gasteiger charge is -2.35. The number of aliphatic hydroxyl groups is 1. The fraction of sp³-hybridized carbons (Fsp3) is 0.396. The highest BCUT2D eigenvalue weighted by Crippen LogP contribution is 2.42. The van der Waals surface area contributed by atoms with Crippen LogP contribution in [0.4, 0.5) is 37.7 Å². The number of nitrogens with one attached hydrogen (secondary N) is 2. The predicted molar refractivity (Wildman–Crippen MR) is 274 cm³/mol. The second-order valence-electron chi connectivity index (χ2n) is 19.8. The number of benzene rings is 3. The molecule has 2 aliphatic heterocycles. The Morgan fingerprint density at radius 1 is 0.974 bits per heavy atom. The molecule has 0 bridgehead atoms. The highest BCUT2D eigenvalue weighted by atomic mass is 32.1. The minimum Gasteiger partial charge on any atom is -0.491 e. The van der Waals surface area contributed by atoms with Crippen molar-refractivity contribution < 1.29 is 60.1 Å². The van der Waals surface area contributed by atoms with E-state index in [2.05, 4.69) is 20.6 Å². The number of aryl methyl sites for hydroxylation is 1. The molecular weight excluding hydrogens is 1040 g/mol. The first-order valence-electron chi connectivity index (χ1n) is 24.0. The van der Waals surface area contributed by atoms with Crippen molar-refractivity contribution in [3.05, 3.63) is 112 Å². The number of β-amino-alcohol motifs (C(OH)–C–C–N with tert-alkyl or cyclic N) is 1. The van der Waals surface area contributed by atoms with Crippen LogP contribution in [-0.2, 0) is 36.6 Å². The van der Waals surface area contributed by atoms with E-state index in [1.54, 1.807) is 37.6 Å². The van der Waals surface area contributed by atoms with Crippen LogP contribution in [0.15, 0.2) is 72.4 Å². The fourth-order valence-corrected chi connectivity index (χ4v) is 10.2. The minimum atomic E-state index is -5.28. The number of thiazole rings is 1. The van der Waals surface area contributed by atoms with Crippen LogP contribution in [0.5, 0.6) is 5.75 Å². The third-order valence-corrected chi connectivity index (χ3v) is 14.2. The standard InChI is InChI=1S/C53H54F6N8O7S2/c1-29-45(76-28-63-29)31-12-10-30(11-13-31)24-62-47(70)39-22-35(68)26-65(39)48(71)46(51(2,3)4)64-41(69)27-73-18-8-7-9-19-74-40-17-15-32(20-36(40)54)44-37(55)21-34(25-61-44)67-50(75)66(49(72)52(67,5)6)38-16-14-33(23-60)42(43(38)56)53(57,58)59/h10-17,20-21,25,28,35,39,46,68H,7-9,18-19,22,24,26-27H2,1-6H3,(H,62,70)(H,64,69)/t35-,39+,46-/m1/s1. The second kappa shape index (κ2) is 23.1. The molecule has 0 saturated carbocycles. The summed E-state index contributed by atoms with van der Waals surface area (Å²) in [5, 5.41) is 24.9. The molecule has 3 N–H and O–H groups in total. The van der Waals surface area contributed by atoms with E-state index in [1.807, 2.05) is 31.2 Å². The number of likely N-dealkylation sites (tertiary alicyclic amines) is 1. The summed E-state index contributed by atoms with van der Waals surface area (Å²) in [4.78, 5) is 66.5. The minimum absolute atomic E-state index is 0.0205. The van der Waals surface area contributed by atoms with Crippen molar-refractivity contribution in [2.24, 2.45) is 5.41 Å². The molecular formula is C53H54F6N8O7S2. The maximum Gasteiger partial charge on any atom is 0.420 e. The first-order chi connectivity index (χ1) is 35.8. The van der Waals surface area contributed by atoms with Crippen molar-refractivity contribution in [3.63, 3.8) is 0 Å². The molecule has 0 unspecified atom stereocenters. The van der Waals surface area contributed by atoms with Crippen molar-refractivity contribution >= 4 is 63.7 Å². The van der Waals surface area contributed by atoms with Gasteiger partial charge in [-0.1, -0.05) is 45.0 Å². The van der Waals surface area contributed by atoms with Gasteiger partial charge < -0.3 is 35.0 Å². The van der Waals surface area contributed by atoms with Crippen LogP contribution in [0.2, 0.25) is 0 Å². The average Bonchev–Trinajstić information content (AvgIpc) is 4.02. The molecule has 2 saturated heterocycles. The Balaban J connectivity index is 0.856. The number of aromatic nitrogens is 2. The van der Waals surface area contributed by atoms with E-state index in [-0.39, 0.29) is 62.0 Å². The van der Waals surface area contributed by atoms with Crippen LogP contribution in [0, 0.1) is 41.1 Å². The molecule has 3 atom stereocenters. The number of nitriles is 1. The zero-order valence-corrected chi connectivity index (χ0v) is 43.8. The average molecular weight is 1090 g/mol. The first-order valence-corrected chi connectivity index (χ1v) is 25.3. The number of alkyl halides is 3. The maximum absolute atomic E-state index is 15.7. The molecule has 4 heterocycles. The van der Waals surface area contributed by atoms with E-state index in [0.717, 1.165) is 57.1 Å². The summed E-state index contributed by atoms with van der Waals surface area (Å²) in [6, 6.07) is 13.2. The molecule has 0 spiro atoms. The number of hydrogen-bond donors (Lipinski definition) is 3. The largest absolute Gasteiger partial charge is 0.491 e. The smallest absolute Gasteiger partial charge is 0.420 e. The molecule has 2 fully saturated rings. The maximum atomic E-state index is 15.7. The number of pyridine rings is 1. The van der Waals surface area contributed by atoms with Gasteiger partial charge >= 0.3 is 6.18 Å².